The summed E-state index contributed by atoms with van der Waals surface area (Å²) in [5, 5.41) is 9.25. The summed E-state index contributed by atoms with van der Waals surface area (Å²) in [6.45, 7) is 8.05. The molecule has 3 rings (SSSR count). The highest BCUT2D eigenvalue weighted by molar-refractivity contribution is 5.96. The van der Waals surface area contributed by atoms with Gasteiger partial charge in [0.05, 0.1) is 17.5 Å². The molecule has 1 heterocycles. The second-order valence-electron chi connectivity index (χ2n) is 7.67. The van der Waals surface area contributed by atoms with Gasteiger partial charge in [0.2, 0.25) is 0 Å². The van der Waals surface area contributed by atoms with Crippen LogP contribution in [0.15, 0.2) is 36.4 Å². The molecular weight excluding hydrogens is 340 g/mol. The van der Waals surface area contributed by atoms with Gasteiger partial charge in [0.25, 0.3) is 5.91 Å². The van der Waals surface area contributed by atoms with E-state index in [-0.39, 0.29) is 24.5 Å². The lowest BCUT2D eigenvalue weighted by atomic mass is 10.1. The zero-order chi connectivity index (χ0) is 19.7. The molecule has 2 atom stereocenters. The number of amides is 1. The minimum absolute atomic E-state index is 0.0507. The fraction of sp³-hybridized carbons (Fsp3) is 0.455. The summed E-state index contributed by atoms with van der Waals surface area (Å²) < 4.78 is 2.19. The molecule has 1 N–H and O–H groups in total. The Balaban J connectivity index is 1.90. The van der Waals surface area contributed by atoms with Crippen molar-refractivity contribution in [3.05, 3.63) is 58.9 Å². The number of aromatic nitrogens is 1. The number of carbonyl (C=O) groups excluding carboxylic acids is 1. The number of hydrogen-bond donors (Lipinski definition) is 1. The van der Waals surface area contributed by atoms with E-state index in [1.54, 1.807) is 11.8 Å². The van der Waals surface area contributed by atoms with E-state index >= 15 is 0 Å². The third-order valence-electron chi connectivity index (χ3n) is 5.52. The Hall–Kier alpha value is -2.56. The number of carboxylic acid groups (broad SMARTS) is 1. The maximum atomic E-state index is 13.2. The Morgan fingerprint density at radius 3 is 2.37 bits per heavy atom. The van der Waals surface area contributed by atoms with Crippen molar-refractivity contribution < 1.29 is 14.7 Å². The smallest absolute Gasteiger partial charge is 0.308 e. The van der Waals surface area contributed by atoms with E-state index in [9.17, 15) is 14.7 Å². The monoisotopic (exact) mass is 368 g/mol. The van der Waals surface area contributed by atoms with Gasteiger partial charge in [-0.15, -0.1) is 0 Å². The number of aliphatic carboxylic acids is 1. The van der Waals surface area contributed by atoms with E-state index in [4.69, 9.17) is 0 Å². The summed E-state index contributed by atoms with van der Waals surface area (Å²) in [5.41, 5.74) is 3.84. The Bertz CT molecular complexity index is 837. The molecule has 2 unspecified atom stereocenters. The lowest BCUT2D eigenvalue weighted by molar-refractivity contribution is -0.141. The van der Waals surface area contributed by atoms with Gasteiger partial charge in [0.15, 0.2) is 0 Å². The molecule has 1 saturated carbocycles. The molecule has 2 aromatic rings. The van der Waals surface area contributed by atoms with Crippen molar-refractivity contribution in [1.82, 2.24) is 9.47 Å². The highest BCUT2D eigenvalue weighted by Crippen LogP contribution is 2.32. The molecule has 1 amide bonds. The minimum Gasteiger partial charge on any atom is -0.481 e. The molecule has 1 aliphatic carbocycles. The molecular formula is C22H28N2O3. The predicted molar refractivity (Wildman–Crippen MR) is 105 cm³/mol. The van der Waals surface area contributed by atoms with Gasteiger partial charge in [0, 0.05) is 24.0 Å². The van der Waals surface area contributed by atoms with Crippen LogP contribution >= 0.6 is 0 Å². The van der Waals surface area contributed by atoms with Crippen LogP contribution in [-0.4, -0.2) is 39.0 Å². The first-order valence-electron chi connectivity index (χ1n) is 9.58. The van der Waals surface area contributed by atoms with Crippen LogP contribution in [0.4, 0.5) is 0 Å². The zero-order valence-corrected chi connectivity index (χ0v) is 16.5. The molecule has 0 saturated heterocycles. The maximum absolute atomic E-state index is 13.2. The van der Waals surface area contributed by atoms with Crippen LogP contribution in [0.5, 0.6) is 0 Å². The van der Waals surface area contributed by atoms with Crippen molar-refractivity contribution in [3.8, 4) is 0 Å². The largest absolute Gasteiger partial charge is 0.481 e. The van der Waals surface area contributed by atoms with Gasteiger partial charge in [-0.2, -0.15) is 0 Å². The topological polar surface area (TPSA) is 62.5 Å². The van der Waals surface area contributed by atoms with Crippen LogP contribution in [0.3, 0.4) is 0 Å². The first kappa shape index (κ1) is 19.2. The van der Waals surface area contributed by atoms with Crippen molar-refractivity contribution in [3.63, 3.8) is 0 Å². The Morgan fingerprint density at radius 2 is 1.81 bits per heavy atom. The van der Waals surface area contributed by atoms with E-state index in [2.05, 4.69) is 23.6 Å². The summed E-state index contributed by atoms with van der Waals surface area (Å²) in [6.07, 6.45) is 1.91. The molecule has 0 aliphatic heterocycles. The quantitative estimate of drug-likeness (QED) is 0.802. The first-order valence-corrected chi connectivity index (χ1v) is 9.58. The van der Waals surface area contributed by atoms with Crippen LogP contribution in [-0.2, 0) is 4.79 Å². The number of aryl methyl sites for hydroxylation is 1. The minimum atomic E-state index is -0.864. The van der Waals surface area contributed by atoms with Gasteiger partial charge < -0.3 is 14.6 Å². The molecule has 27 heavy (non-hydrogen) atoms. The van der Waals surface area contributed by atoms with Crippen LogP contribution < -0.4 is 0 Å². The third kappa shape index (κ3) is 3.92. The maximum Gasteiger partial charge on any atom is 0.308 e. The molecule has 5 nitrogen and oxygen atoms in total. The summed E-state index contributed by atoms with van der Waals surface area (Å²) >= 11 is 0. The van der Waals surface area contributed by atoms with Gasteiger partial charge in [0.1, 0.15) is 0 Å². The summed E-state index contributed by atoms with van der Waals surface area (Å²) in [6, 6.07) is 12.5. The van der Waals surface area contributed by atoms with Gasteiger partial charge in [-0.1, -0.05) is 37.3 Å². The summed E-state index contributed by atoms with van der Waals surface area (Å²) in [5.74, 6) is -1.48. The summed E-state index contributed by atoms with van der Waals surface area (Å²) in [4.78, 5) is 26.3. The molecule has 0 radical (unpaired) electrons. The van der Waals surface area contributed by atoms with Crippen molar-refractivity contribution >= 4 is 11.9 Å². The van der Waals surface area contributed by atoms with Crippen LogP contribution in [0, 0.1) is 19.8 Å². The van der Waals surface area contributed by atoms with Crippen LogP contribution in [0.1, 0.15) is 60.0 Å². The van der Waals surface area contributed by atoms with Crippen LogP contribution in [0.2, 0.25) is 0 Å². The summed E-state index contributed by atoms with van der Waals surface area (Å²) in [7, 11) is 0. The predicted octanol–water partition coefficient (Wildman–Crippen LogP) is 4.04. The molecule has 5 heteroatoms. The lowest BCUT2D eigenvalue weighted by Crippen LogP contribution is -2.38. The Kier molecular flexibility index (Phi) is 5.40. The van der Waals surface area contributed by atoms with E-state index in [1.807, 2.05) is 38.1 Å². The molecule has 144 valence electrons. The van der Waals surface area contributed by atoms with Crippen molar-refractivity contribution in [1.29, 1.82) is 0 Å². The second-order valence-corrected chi connectivity index (χ2v) is 7.67. The van der Waals surface area contributed by atoms with E-state index in [0.29, 0.717) is 5.56 Å². The van der Waals surface area contributed by atoms with E-state index in [0.717, 1.165) is 24.2 Å². The number of carbonyl (C=O) groups is 2. The fourth-order valence-electron chi connectivity index (χ4n) is 3.78. The average molecular weight is 368 g/mol. The number of benzene rings is 1. The fourth-order valence-corrected chi connectivity index (χ4v) is 3.78. The standard InChI is InChI=1S/C22H28N2O3/c1-14(22(26)27)13-23(19-10-11-19)21(25)20-12-15(2)24(17(20)4)16(3)18-8-6-5-7-9-18/h5-9,12,14,16,19H,10-11,13H2,1-4H3,(H,26,27). The third-order valence-corrected chi connectivity index (χ3v) is 5.52. The van der Waals surface area contributed by atoms with Gasteiger partial charge in [-0.3, -0.25) is 9.59 Å². The SMILES string of the molecule is Cc1cc(C(=O)N(CC(C)C(=O)O)C2CC2)c(C)n1C(C)c1ccccc1. The Labute approximate surface area is 160 Å². The second kappa shape index (κ2) is 7.59. The zero-order valence-electron chi connectivity index (χ0n) is 16.5. The van der Waals surface area contributed by atoms with Gasteiger partial charge in [-0.25, -0.2) is 0 Å². The number of nitrogens with zero attached hydrogens (tertiary/aromatic N) is 2. The Morgan fingerprint density at radius 1 is 1.19 bits per heavy atom. The molecule has 1 aromatic carbocycles. The van der Waals surface area contributed by atoms with Crippen molar-refractivity contribution in [2.45, 2.75) is 52.6 Å². The van der Waals surface area contributed by atoms with E-state index < -0.39 is 11.9 Å². The molecule has 0 spiro atoms. The number of carboxylic acids is 1. The van der Waals surface area contributed by atoms with Crippen LogP contribution in [0.25, 0.3) is 0 Å². The number of rotatable bonds is 7. The normalized spacial score (nSPS) is 16.0. The van der Waals surface area contributed by atoms with Crippen molar-refractivity contribution in [2.75, 3.05) is 6.54 Å². The van der Waals surface area contributed by atoms with Crippen molar-refractivity contribution in [2.24, 2.45) is 5.92 Å². The molecule has 0 bridgehead atoms. The highest BCUT2D eigenvalue weighted by Gasteiger charge is 2.36. The van der Waals surface area contributed by atoms with E-state index in [1.165, 1.54) is 5.56 Å². The molecule has 1 fully saturated rings. The van der Waals surface area contributed by atoms with Gasteiger partial charge in [-0.05, 0) is 45.2 Å². The highest BCUT2D eigenvalue weighted by atomic mass is 16.4. The average Bonchev–Trinajstić information content (AvgIpc) is 3.44. The molecule has 1 aromatic heterocycles. The number of hydrogen-bond acceptors (Lipinski definition) is 2. The molecule has 1 aliphatic rings. The first-order chi connectivity index (χ1) is 12.8. The lowest BCUT2D eigenvalue weighted by Gasteiger charge is -2.25. The van der Waals surface area contributed by atoms with Gasteiger partial charge >= 0.3 is 5.97 Å².